The van der Waals surface area contributed by atoms with Crippen molar-refractivity contribution >= 4 is 23.4 Å². The average molecular weight is 434 g/mol. The molecule has 3 N–H and O–H groups in total. The first-order chi connectivity index (χ1) is 14.7. The lowest BCUT2D eigenvalue weighted by Gasteiger charge is -2.27. The third-order valence-corrected chi connectivity index (χ3v) is 4.87. The Kier molecular flexibility index (Phi) is 5.39. The van der Waals surface area contributed by atoms with Gasteiger partial charge in [-0.25, -0.2) is 10.4 Å². The Bertz CT molecular complexity index is 1020. The van der Waals surface area contributed by atoms with E-state index in [2.05, 4.69) is 31.0 Å². The Balaban J connectivity index is 1.37. The maximum absolute atomic E-state index is 12.6. The second-order valence-electron chi connectivity index (χ2n) is 7.39. The van der Waals surface area contributed by atoms with E-state index in [1.54, 1.807) is 23.9 Å². The molecule has 4 rings (SSSR count). The molecule has 0 aromatic carbocycles. The number of carbonyl (C=O) groups is 1. The van der Waals surface area contributed by atoms with Crippen LogP contribution >= 0.6 is 0 Å². The van der Waals surface area contributed by atoms with Gasteiger partial charge in [-0.15, -0.1) is 0 Å². The molecule has 0 saturated heterocycles. The lowest BCUT2D eigenvalue weighted by molar-refractivity contribution is -0.141. The number of amides is 1. The molecule has 12 heteroatoms. The van der Waals surface area contributed by atoms with Crippen molar-refractivity contribution in [1.82, 2.24) is 25.4 Å². The number of carbonyl (C=O) groups excluding carboxylic acids is 1. The van der Waals surface area contributed by atoms with Gasteiger partial charge in [0.2, 0.25) is 11.9 Å². The van der Waals surface area contributed by atoms with E-state index in [1.165, 1.54) is 12.3 Å². The number of rotatable bonds is 5. The van der Waals surface area contributed by atoms with Gasteiger partial charge in [0, 0.05) is 32.5 Å². The van der Waals surface area contributed by atoms with E-state index in [4.69, 9.17) is 0 Å². The van der Waals surface area contributed by atoms with E-state index in [-0.39, 0.29) is 12.5 Å². The number of halogens is 3. The smallest absolute Gasteiger partial charge is 0.350 e. The highest BCUT2D eigenvalue weighted by Crippen LogP contribution is 2.30. The molecular formula is C19H21F3N8O. The lowest BCUT2D eigenvalue weighted by atomic mass is 10.2. The van der Waals surface area contributed by atoms with Gasteiger partial charge in [-0.2, -0.15) is 18.2 Å². The van der Waals surface area contributed by atoms with Crippen molar-refractivity contribution in [1.29, 1.82) is 0 Å². The predicted molar refractivity (Wildman–Crippen MR) is 108 cm³/mol. The quantitative estimate of drug-likeness (QED) is 0.657. The number of likely N-dealkylation sites (N-methyl/N-ethyl adjacent to an activating group) is 1. The summed E-state index contributed by atoms with van der Waals surface area (Å²) in [5, 5.41) is 7.77. The third-order valence-electron chi connectivity index (χ3n) is 4.87. The van der Waals surface area contributed by atoms with Crippen LogP contribution in [0.25, 0.3) is 0 Å². The molecule has 164 valence electrons. The first kappa shape index (κ1) is 20.8. The van der Waals surface area contributed by atoms with Gasteiger partial charge in [-0.05, 0) is 24.1 Å². The molecule has 0 saturated carbocycles. The van der Waals surface area contributed by atoms with Crippen LogP contribution in [0, 0.1) is 6.92 Å². The minimum atomic E-state index is -4.44. The molecule has 1 amide bonds. The molecule has 9 nitrogen and oxygen atoms in total. The molecule has 2 aliphatic rings. The fourth-order valence-electron chi connectivity index (χ4n) is 3.33. The number of aryl methyl sites for hydroxylation is 1. The van der Waals surface area contributed by atoms with Crippen LogP contribution < -0.4 is 21.0 Å². The summed E-state index contributed by atoms with van der Waals surface area (Å²) in [5.74, 6) is 1.00. The number of fused-ring (bicyclic) bond motifs is 1. The second kappa shape index (κ2) is 8.02. The van der Waals surface area contributed by atoms with Gasteiger partial charge in [0.15, 0.2) is 5.82 Å². The lowest BCUT2D eigenvalue weighted by Crippen LogP contribution is -2.36. The summed E-state index contributed by atoms with van der Waals surface area (Å²) in [6.07, 6.45) is -1.32. The van der Waals surface area contributed by atoms with Crippen LogP contribution in [-0.4, -0.2) is 52.5 Å². The zero-order chi connectivity index (χ0) is 22.2. The number of hydrogen-bond acceptors (Lipinski definition) is 8. The number of nitrogens with zero attached hydrogens (tertiary/aromatic N) is 5. The van der Waals surface area contributed by atoms with Crippen LogP contribution in [0.1, 0.15) is 17.0 Å². The maximum atomic E-state index is 12.6. The van der Waals surface area contributed by atoms with Crippen LogP contribution in [0.5, 0.6) is 0 Å². The molecule has 2 aromatic rings. The van der Waals surface area contributed by atoms with Crippen molar-refractivity contribution in [2.45, 2.75) is 19.6 Å². The van der Waals surface area contributed by atoms with Crippen LogP contribution in [0.15, 0.2) is 30.1 Å². The fraction of sp³-hybridized carbons (Fsp3) is 0.368. The van der Waals surface area contributed by atoms with Crippen molar-refractivity contribution in [3.05, 3.63) is 47.1 Å². The van der Waals surface area contributed by atoms with Crippen LogP contribution in [-0.2, 0) is 17.5 Å². The highest BCUT2D eigenvalue weighted by atomic mass is 19.4. The first-order valence-electron chi connectivity index (χ1n) is 9.54. The maximum Gasteiger partial charge on any atom is 0.433 e. The minimum absolute atomic E-state index is 0.104. The zero-order valence-electron chi connectivity index (χ0n) is 16.9. The third kappa shape index (κ3) is 4.68. The summed E-state index contributed by atoms with van der Waals surface area (Å²) >= 11 is 0. The SMILES string of the molecule is Cc1nc(NCC2=CN(Cc3ccc(C(F)(F)F)nc3)NC2)nc2c1NC(=O)CN2C. The number of hydrogen-bond donors (Lipinski definition) is 3. The Labute approximate surface area is 176 Å². The van der Waals surface area contributed by atoms with Crippen LogP contribution in [0.2, 0.25) is 0 Å². The Morgan fingerprint density at radius 1 is 1.26 bits per heavy atom. The van der Waals surface area contributed by atoms with Crippen molar-refractivity contribution in [3.63, 3.8) is 0 Å². The van der Waals surface area contributed by atoms with Crippen molar-refractivity contribution in [3.8, 4) is 0 Å². The fourth-order valence-corrected chi connectivity index (χ4v) is 3.33. The average Bonchev–Trinajstić information content (AvgIpc) is 3.14. The van der Waals surface area contributed by atoms with Gasteiger partial charge in [0.1, 0.15) is 11.4 Å². The summed E-state index contributed by atoms with van der Waals surface area (Å²) in [6, 6.07) is 2.40. The standard InChI is InChI=1S/C19H21F3N8O/c1-11-16-17(29(2)10-15(31)27-16)28-18(26-11)24-6-13-7-25-30(9-13)8-12-3-4-14(23-5-12)19(20,21)22/h3-5,9,25H,6-8,10H2,1-2H3,(H,27,31)(H,24,26,28). The largest absolute Gasteiger partial charge is 0.433 e. The van der Waals surface area contributed by atoms with Gasteiger partial charge in [0.25, 0.3) is 0 Å². The molecule has 2 aliphatic heterocycles. The molecule has 31 heavy (non-hydrogen) atoms. The Morgan fingerprint density at radius 3 is 2.77 bits per heavy atom. The van der Waals surface area contributed by atoms with Gasteiger partial charge >= 0.3 is 6.18 Å². The number of pyridine rings is 1. The predicted octanol–water partition coefficient (Wildman–Crippen LogP) is 1.90. The summed E-state index contributed by atoms with van der Waals surface area (Å²) < 4.78 is 37.9. The molecule has 0 aliphatic carbocycles. The molecule has 0 spiro atoms. The minimum Gasteiger partial charge on any atom is -0.350 e. The van der Waals surface area contributed by atoms with Gasteiger partial charge in [0.05, 0.1) is 18.8 Å². The molecule has 2 aromatic heterocycles. The molecule has 0 bridgehead atoms. The summed E-state index contributed by atoms with van der Waals surface area (Å²) in [7, 11) is 1.80. The Morgan fingerprint density at radius 2 is 2.06 bits per heavy atom. The van der Waals surface area contributed by atoms with E-state index in [9.17, 15) is 18.0 Å². The van der Waals surface area contributed by atoms with Gasteiger partial charge in [-0.3, -0.25) is 9.78 Å². The van der Waals surface area contributed by atoms with Crippen molar-refractivity contribution < 1.29 is 18.0 Å². The number of hydrazine groups is 1. The molecule has 0 unspecified atom stereocenters. The molecule has 0 atom stereocenters. The van der Waals surface area contributed by atoms with Gasteiger partial charge in [-0.1, -0.05) is 6.07 Å². The first-order valence-corrected chi connectivity index (χ1v) is 9.54. The summed E-state index contributed by atoms with van der Waals surface area (Å²) in [4.78, 5) is 25.8. The van der Waals surface area contributed by atoms with Crippen LogP contribution in [0.4, 0.5) is 30.6 Å². The molecular weight excluding hydrogens is 413 g/mol. The summed E-state index contributed by atoms with van der Waals surface area (Å²) in [6.45, 7) is 3.49. The highest BCUT2D eigenvalue weighted by Gasteiger charge is 2.32. The molecule has 0 radical (unpaired) electrons. The number of alkyl halides is 3. The van der Waals surface area contributed by atoms with E-state index >= 15 is 0 Å². The van der Waals surface area contributed by atoms with Crippen molar-refractivity contribution in [2.24, 2.45) is 0 Å². The van der Waals surface area contributed by atoms with E-state index < -0.39 is 11.9 Å². The second-order valence-corrected chi connectivity index (χ2v) is 7.39. The van der Waals surface area contributed by atoms with Gasteiger partial charge < -0.3 is 20.5 Å². The Hall–Kier alpha value is -3.41. The van der Waals surface area contributed by atoms with Crippen LogP contribution in [0.3, 0.4) is 0 Å². The number of nitrogens with one attached hydrogen (secondary N) is 3. The monoisotopic (exact) mass is 434 g/mol. The molecule has 0 fully saturated rings. The van der Waals surface area contributed by atoms with E-state index in [1.807, 2.05) is 6.20 Å². The van der Waals surface area contributed by atoms with E-state index in [0.29, 0.717) is 48.3 Å². The molecule has 4 heterocycles. The number of anilines is 3. The number of aromatic nitrogens is 3. The topological polar surface area (TPSA) is 98.3 Å². The normalized spacial score (nSPS) is 16.2. The zero-order valence-corrected chi connectivity index (χ0v) is 16.9. The highest BCUT2D eigenvalue weighted by molar-refractivity contribution is 6.00. The van der Waals surface area contributed by atoms with E-state index in [0.717, 1.165) is 11.6 Å². The van der Waals surface area contributed by atoms with Crippen molar-refractivity contribution in [2.75, 3.05) is 42.2 Å². The summed E-state index contributed by atoms with van der Waals surface area (Å²) in [5.41, 5.74) is 5.23.